The molecular formula is C10H18N2. The average molecular weight is 166 g/mol. The Morgan fingerprint density at radius 3 is 2.67 bits per heavy atom. The maximum absolute atomic E-state index is 3.85. The Labute approximate surface area is 75.1 Å². The van der Waals surface area contributed by atoms with Crippen LogP contribution in [0.1, 0.15) is 13.8 Å². The smallest absolute Gasteiger partial charge is 0.0534 e. The molecule has 0 unspecified atom stereocenters. The first kappa shape index (κ1) is 11.1. The minimum atomic E-state index is 0.666. The summed E-state index contributed by atoms with van der Waals surface area (Å²) in [6.45, 7) is 13.2. The summed E-state index contributed by atoms with van der Waals surface area (Å²) in [7, 11) is 0. The second-order valence-corrected chi connectivity index (χ2v) is 3.08. The highest BCUT2D eigenvalue weighted by Gasteiger charge is 1.94. The van der Waals surface area contributed by atoms with Crippen LogP contribution in [-0.2, 0) is 0 Å². The molecule has 1 N–H and O–H groups in total. The van der Waals surface area contributed by atoms with Crippen LogP contribution in [0, 0.1) is 5.92 Å². The molecular weight excluding hydrogens is 148 g/mol. The van der Waals surface area contributed by atoms with Crippen molar-refractivity contribution in [3.8, 4) is 0 Å². The lowest BCUT2D eigenvalue weighted by Gasteiger charge is -2.06. The average Bonchev–Trinajstić information content (AvgIpc) is 2.02. The third-order valence-electron chi connectivity index (χ3n) is 1.37. The lowest BCUT2D eigenvalue weighted by atomic mass is 10.2. The molecule has 2 heteroatoms. The van der Waals surface area contributed by atoms with Crippen LogP contribution in [0.4, 0.5) is 0 Å². The van der Waals surface area contributed by atoms with Gasteiger partial charge in [0.2, 0.25) is 0 Å². The van der Waals surface area contributed by atoms with Gasteiger partial charge >= 0.3 is 0 Å². The maximum atomic E-state index is 3.85. The van der Waals surface area contributed by atoms with Gasteiger partial charge in [-0.1, -0.05) is 26.5 Å². The SMILES string of the molecule is C=C/C=C(/CNCC(C)C)N=C. The number of rotatable bonds is 6. The fourth-order valence-electron chi connectivity index (χ4n) is 0.792. The molecule has 0 radical (unpaired) electrons. The van der Waals surface area contributed by atoms with Gasteiger partial charge in [-0.05, 0) is 25.3 Å². The Bertz CT molecular complexity index is 169. The fraction of sp³-hybridized carbons (Fsp3) is 0.500. The Kier molecular flexibility index (Phi) is 6.29. The molecule has 12 heavy (non-hydrogen) atoms. The number of aliphatic imine (C=N–C) groups is 1. The summed E-state index contributed by atoms with van der Waals surface area (Å²) in [5, 5.41) is 3.27. The van der Waals surface area contributed by atoms with E-state index >= 15 is 0 Å². The quantitative estimate of drug-likeness (QED) is 0.473. The van der Waals surface area contributed by atoms with Crippen molar-refractivity contribution in [2.75, 3.05) is 13.1 Å². The normalized spacial score (nSPS) is 11.8. The Morgan fingerprint density at radius 2 is 2.25 bits per heavy atom. The molecule has 0 saturated heterocycles. The van der Waals surface area contributed by atoms with Crippen LogP contribution in [0.15, 0.2) is 29.4 Å². The highest BCUT2D eigenvalue weighted by atomic mass is 14.9. The van der Waals surface area contributed by atoms with E-state index in [9.17, 15) is 0 Å². The number of hydrogen-bond donors (Lipinski definition) is 1. The molecule has 0 heterocycles. The molecule has 0 aliphatic heterocycles. The topological polar surface area (TPSA) is 24.4 Å². The Hall–Kier alpha value is -0.890. The van der Waals surface area contributed by atoms with Gasteiger partial charge in [0, 0.05) is 6.54 Å². The van der Waals surface area contributed by atoms with Crippen LogP contribution in [0.25, 0.3) is 0 Å². The standard InChI is InChI=1S/C10H18N2/c1-5-6-10(11-4)8-12-7-9(2)3/h5-6,9,12H,1,4,7-8H2,2-3H3/b10-6-. The van der Waals surface area contributed by atoms with Crippen molar-refractivity contribution in [1.29, 1.82) is 0 Å². The Morgan fingerprint density at radius 1 is 1.58 bits per heavy atom. The second-order valence-electron chi connectivity index (χ2n) is 3.08. The van der Waals surface area contributed by atoms with Crippen LogP contribution in [-0.4, -0.2) is 19.8 Å². The van der Waals surface area contributed by atoms with Gasteiger partial charge in [-0.2, -0.15) is 0 Å². The molecule has 0 aliphatic carbocycles. The van der Waals surface area contributed by atoms with Crippen LogP contribution >= 0.6 is 0 Å². The van der Waals surface area contributed by atoms with Crippen LogP contribution in [0.2, 0.25) is 0 Å². The van der Waals surface area contributed by atoms with Crippen molar-refractivity contribution >= 4 is 6.72 Å². The van der Waals surface area contributed by atoms with E-state index in [1.165, 1.54) is 0 Å². The molecule has 0 bridgehead atoms. The molecule has 0 aromatic carbocycles. The Balaban J connectivity index is 3.66. The summed E-state index contributed by atoms with van der Waals surface area (Å²) < 4.78 is 0. The monoisotopic (exact) mass is 166 g/mol. The highest BCUT2D eigenvalue weighted by molar-refractivity contribution is 5.30. The molecule has 0 amide bonds. The zero-order valence-electron chi connectivity index (χ0n) is 8.01. The van der Waals surface area contributed by atoms with E-state index in [0.29, 0.717) is 5.92 Å². The van der Waals surface area contributed by atoms with Gasteiger partial charge in [-0.25, -0.2) is 0 Å². The molecule has 68 valence electrons. The minimum Gasteiger partial charge on any atom is -0.311 e. The first-order valence-corrected chi connectivity index (χ1v) is 4.19. The van der Waals surface area contributed by atoms with Crippen molar-refractivity contribution in [3.05, 3.63) is 24.4 Å². The predicted molar refractivity (Wildman–Crippen MR) is 55.5 cm³/mol. The third-order valence-corrected chi connectivity index (χ3v) is 1.37. The van der Waals surface area contributed by atoms with Crippen LogP contribution < -0.4 is 5.32 Å². The van der Waals surface area contributed by atoms with Crippen molar-refractivity contribution < 1.29 is 0 Å². The summed E-state index contributed by atoms with van der Waals surface area (Å²) in [6, 6.07) is 0. The largest absolute Gasteiger partial charge is 0.311 e. The van der Waals surface area contributed by atoms with Crippen molar-refractivity contribution in [3.63, 3.8) is 0 Å². The minimum absolute atomic E-state index is 0.666. The van der Waals surface area contributed by atoms with E-state index in [4.69, 9.17) is 0 Å². The van der Waals surface area contributed by atoms with Gasteiger partial charge in [0.05, 0.1) is 5.70 Å². The van der Waals surface area contributed by atoms with E-state index in [0.717, 1.165) is 18.8 Å². The molecule has 0 saturated carbocycles. The van der Waals surface area contributed by atoms with Crippen molar-refractivity contribution in [2.45, 2.75) is 13.8 Å². The summed E-state index contributed by atoms with van der Waals surface area (Å²) >= 11 is 0. The molecule has 0 rings (SSSR count). The zero-order valence-corrected chi connectivity index (χ0v) is 8.01. The molecule has 0 aromatic heterocycles. The van der Waals surface area contributed by atoms with E-state index in [1.54, 1.807) is 6.08 Å². The number of hydrogen-bond acceptors (Lipinski definition) is 2. The van der Waals surface area contributed by atoms with Crippen molar-refractivity contribution in [2.24, 2.45) is 10.9 Å². The first-order chi connectivity index (χ1) is 5.70. The molecule has 0 aromatic rings. The van der Waals surface area contributed by atoms with Crippen molar-refractivity contribution in [1.82, 2.24) is 5.32 Å². The lowest BCUT2D eigenvalue weighted by molar-refractivity contribution is 0.571. The number of nitrogens with one attached hydrogen (secondary N) is 1. The third kappa shape index (κ3) is 5.86. The molecule has 2 nitrogen and oxygen atoms in total. The van der Waals surface area contributed by atoms with E-state index in [1.807, 2.05) is 6.08 Å². The fourth-order valence-corrected chi connectivity index (χ4v) is 0.792. The molecule has 0 atom stereocenters. The van der Waals surface area contributed by atoms with Gasteiger partial charge in [0.15, 0.2) is 0 Å². The molecule has 0 spiro atoms. The number of allylic oxidation sites excluding steroid dienone is 2. The predicted octanol–water partition coefficient (Wildman–Crippen LogP) is 2.00. The van der Waals surface area contributed by atoms with E-state index < -0.39 is 0 Å². The van der Waals surface area contributed by atoms with E-state index in [2.05, 4.69) is 37.5 Å². The summed E-state index contributed by atoms with van der Waals surface area (Å²) in [4.78, 5) is 3.85. The van der Waals surface area contributed by atoms with Gasteiger partial charge < -0.3 is 5.32 Å². The summed E-state index contributed by atoms with van der Waals surface area (Å²) in [5.74, 6) is 0.666. The molecule has 0 fully saturated rings. The zero-order chi connectivity index (χ0) is 9.40. The van der Waals surface area contributed by atoms with Crippen LogP contribution in [0.5, 0.6) is 0 Å². The highest BCUT2D eigenvalue weighted by Crippen LogP contribution is 1.94. The first-order valence-electron chi connectivity index (χ1n) is 4.19. The number of nitrogens with zero attached hydrogens (tertiary/aromatic N) is 1. The van der Waals surface area contributed by atoms with E-state index in [-0.39, 0.29) is 0 Å². The lowest BCUT2D eigenvalue weighted by Crippen LogP contribution is -2.21. The van der Waals surface area contributed by atoms with Gasteiger partial charge in [0.1, 0.15) is 0 Å². The second kappa shape index (κ2) is 6.80. The summed E-state index contributed by atoms with van der Waals surface area (Å²) in [6.07, 6.45) is 3.58. The summed E-state index contributed by atoms with van der Waals surface area (Å²) in [5.41, 5.74) is 0.936. The maximum Gasteiger partial charge on any atom is 0.0534 e. The van der Waals surface area contributed by atoms with Crippen LogP contribution in [0.3, 0.4) is 0 Å². The van der Waals surface area contributed by atoms with Gasteiger partial charge in [-0.15, -0.1) is 0 Å². The molecule has 0 aliphatic rings. The van der Waals surface area contributed by atoms with Gasteiger partial charge in [0.25, 0.3) is 0 Å². The van der Waals surface area contributed by atoms with Gasteiger partial charge in [-0.3, -0.25) is 4.99 Å².